The molecule has 0 atom stereocenters. The predicted molar refractivity (Wildman–Crippen MR) is 79.1 cm³/mol. The van der Waals surface area contributed by atoms with Gasteiger partial charge in [0.25, 0.3) is 0 Å². The third-order valence-electron chi connectivity index (χ3n) is 2.36. The number of hydrogen-bond acceptors (Lipinski definition) is 3. The molecule has 100 valence electrons. The summed E-state index contributed by atoms with van der Waals surface area (Å²) in [5, 5.41) is 3.48. The number of carbonyl (C=O) groups is 1. The van der Waals surface area contributed by atoms with E-state index in [1.54, 1.807) is 12.1 Å². The SMILES string of the molecule is CC(C)CCNC(=O)CSc1ccc(N)cc1Cl. The maximum Gasteiger partial charge on any atom is 0.230 e. The van der Waals surface area contributed by atoms with E-state index < -0.39 is 0 Å². The van der Waals surface area contributed by atoms with Crippen LogP contribution in [0.25, 0.3) is 0 Å². The topological polar surface area (TPSA) is 55.1 Å². The molecule has 5 heteroatoms. The summed E-state index contributed by atoms with van der Waals surface area (Å²) in [6.07, 6.45) is 0.999. The lowest BCUT2D eigenvalue weighted by atomic mass is 10.1. The van der Waals surface area contributed by atoms with Crippen LogP contribution in [0.2, 0.25) is 5.02 Å². The van der Waals surface area contributed by atoms with E-state index in [-0.39, 0.29) is 5.91 Å². The number of anilines is 1. The van der Waals surface area contributed by atoms with E-state index in [0.717, 1.165) is 17.9 Å². The fraction of sp³-hybridized carbons (Fsp3) is 0.462. The Kier molecular flexibility index (Phi) is 6.36. The molecule has 0 aromatic heterocycles. The van der Waals surface area contributed by atoms with Crippen LogP contribution >= 0.6 is 23.4 Å². The number of thioether (sulfide) groups is 1. The molecule has 0 heterocycles. The Morgan fingerprint density at radius 2 is 2.22 bits per heavy atom. The molecule has 0 aliphatic carbocycles. The Balaban J connectivity index is 2.33. The number of nitrogens with two attached hydrogens (primary N) is 1. The molecule has 18 heavy (non-hydrogen) atoms. The molecular formula is C13H19ClN2OS. The number of amides is 1. The van der Waals surface area contributed by atoms with Crippen LogP contribution in [0.1, 0.15) is 20.3 Å². The minimum Gasteiger partial charge on any atom is -0.399 e. The first-order valence-electron chi connectivity index (χ1n) is 5.93. The fourth-order valence-corrected chi connectivity index (χ4v) is 2.43. The average Bonchev–Trinajstić information content (AvgIpc) is 2.27. The Morgan fingerprint density at radius 1 is 1.50 bits per heavy atom. The van der Waals surface area contributed by atoms with Crippen molar-refractivity contribution in [3.63, 3.8) is 0 Å². The number of rotatable bonds is 6. The molecule has 0 fully saturated rings. The van der Waals surface area contributed by atoms with Gasteiger partial charge >= 0.3 is 0 Å². The van der Waals surface area contributed by atoms with Crippen LogP contribution in [0.3, 0.4) is 0 Å². The monoisotopic (exact) mass is 286 g/mol. The Bertz CT molecular complexity index is 410. The number of benzene rings is 1. The van der Waals surface area contributed by atoms with Gasteiger partial charge in [-0.15, -0.1) is 11.8 Å². The summed E-state index contributed by atoms with van der Waals surface area (Å²) < 4.78 is 0. The van der Waals surface area contributed by atoms with Crippen molar-refractivity contribution in [2.75, 3.05) is 18.0 Å². The van der Waals surface area contributed by atoms with Gasteiger partial charge in [0.2, 0.25) is 5.91 Å². The Morgan fingerprint density at radius 3 is 2.83 bits per heavy atom. The molecule has 0 spiro atoms. The van der Waals surface area contributed by atoms with Gasteiger partial charge in [0.05, 0.1) is 10.8 Å². The highest BCUT2D eigenvalue weighted by atomic mass is 35.5. The summed E-state index contributed by atoms with van der Waals surface area (Å²) >= 11 is 7.45. The van der Waals surface area contributed by atoms with E-state index in [9.17, 15) is 4.79 Å². The van der Waals surface area contributed by atoms with Crippen molar-refractivity contribution in [2.24, 2.45) is 5.92 Å². The largest absolute Gasteiger partial charge is 0.399 e. The lowest BCUT2D eigenvalue weighted by Crippen LogP contribution is -2.26. The second-order valence-corrected chi connectivity index (χ2v) is 5.94. The fourth-order valence-electron chi connectivity index (χ4n) is 1.33. The van der Waals surface area contributed by atoms with Gasteiger partial charge in [0.1, 0.15) is 0 Å². The standard InChI is InChI=1S/C13H19ClN2OS/c1-9(2)5-6-16-13(17)8-18-12-4-3-10(15)7-11(12)14/h3-4,7,9H,5-6,8,15H2,1-2H3,(H,16,17). The van der Waals surface area contributed by atoms with Gasteiger partial charge in [-0.2, -0.15) is 0 Å². The lowest BCUT2D eigenvalue weighted by molar-refractivity contribution is -0.118. The molecule has 1 aromatic rings. The summed E-state index contributed by atoms with van der Waals surface area (Å²) in [4.78, 5) is 12.5. The van der Waals surface area contributed by atoms with Gasteiger partial charge in [-0.3, -0.25) is 4.79 Å². The van der Waals surface area contributed by atoms with Gasteiger partial charge in [0, 0.05) is 17.1 Å². The summed E-state index contributed by atoms with van der Waals surface area (Å²) in [7, 11) is 0. The van der Waals surface area contributed by atoms with Gasteiger partial charge in [-0.25, -0.2) is 0 Å². The molecule has 3 nitrogen and oxygen atoms in total. The van der Waals surface area contributed by atoms with Gasteiger partial charge in [-0.1, -0.05) is 25.4 Å². The summed E-state index contributed by atoms with van der Waals surface area (Å²) in [5.74, 6) is 1.01. The first-order valence-corrected chi connectivity index (χ1v) is 7.30. The molecule has 1 amide bonds. The molecule has 1 rings (SSSR count). The number of nitrogen functional groups attached to an aromatic ring is 1. The molecule has 0 bridgehead atoms. The van der Waals surface area contributed by atoms with Crippen LogP contribution in [0, 0.1) is 5.92 Å². The number of hydrogen-bond donors (Lipinski definition) is 2. The van der Waals surface area contributed by atoms with Crippen LogP contribution in [0.4, 0.5) is 5.69 Å². The van der Waals surface area contributed by atoms with Crippen molar-refractivity contribution >= 4 is 35.0 Å². The third kappa shape index (κ3) is 5.65. The second-order valence-electron chi connectivity index (χ2n) is 4.51. The maximum absolute atomic E-state index is 11.6. The van der Waals surface area contributed by atoms with Crippen LogP contribution in [0.15, 0.2) is 23.1 Å². The van der Waals surface area contributed by atoms with Crippen LogP contribution in [0.5, 0.6) is 0 Å². The highest BCUT2D eigenvalue weighted by Gasteiger charge is 2.06. The van der Waals surface area contributed by atoms with E-state index in [2.05, 4.69) is 19.2 Å². The number of carbonyl (C=O) groups excluding carboxylic acids is 1. The van der Waals surface area contributed by atoms with Crippen LogP contribution < -0.4 is 11.1 Å². The highest BCUT2D eigenvalue weighted by Crippen LogP contribution is 2.28. The zero-order chi connectivity index (χ0) is 13.5. The zero-order valence-electron chi connectivity index (χ0n) is 10.7. The quantitative estimate of drug-likeness (QED) is 0.624. The summed E-state index contributed by atoms with van der Waals surface area (Å²) in [5.41, 5.74) is 6.23. The molecule has 3 N–H and O–H groups in total. The smallest absolute Gasteiger partial charge is 0.230 e. The zero-order valence-corrected chi connectivity index (χ0v) is 12.3. The minimum atomic E-state index is 0.0357. The van der Waals surface area contributed by atoms with Gasteiger partial charge < -0.3 is 11.1 Å². The first kappa shape index (κ1) is 15.2. The third-order valence-corrected chi connectivity index (χ3v) is 3.86. The Hall–Kier alpha value is -0.870. The molecule has 0 saturated carbocycles. The minimum absolute atomic E-state index is 0.0357. The van der Waals surface area contributed by atoms with E-state index in [0.29, 0.717) is 22.4 Å². The first-order chi connectivity index (χ1) is 8.49. The van der Waals surface area contributed by atoms with Crippen molar-refractivity contribution < 1.29 is 4.79 Å². The predicted octanol–water partition coefficient (Wildman–Crippen LogP) is 3.18. The average molecular weight is 287 g/mol. The van der Waals surface area contributed by atoms with Crippen LogP contribution in [-0.4, -0.2) is 18.2 Å². The van der Waals surface area contributed by atoms with Gasteiger partial charge in [-0.05, 0) is 30.5 Å². The van der Waals surface area contributed by atoms with E-state index in [4.69, 9.17) is 17.3 Å². The molecule has 1 aromatic carbocycles. The van der Waals surface area contributed by atoms with E-state index in [1.165, 1.54) is 11.8 Å². The molecular weight excluding hydrogens is 268 g/mol. The number of nitrogens with one attached hydrogen (secondary N) is 1. The summed E-state index contributed by atoms with van der Waals surface area (Å²) in [6, 6.07) is 5.31. The lowest BCUT2D eigenvalue weighted by Gasteiger charge is -2.08. The van der Waals surface area contributed by atoms with Gasteiger partial charge in [0.15, 0.2) is 0 Å². The van der Waals surface area contributed by atoms with Crippen molar-refractivity contribution in [3.8, 4) is 0 Å². The van der Waals surface area contributed by atoms with Crippen molar-refractivity contribution in [1.82, 2.24) is 5.32 Å². The van der Waals surface area contributed by atoms with Crippen molar-refractivity contribution in [3.05, 3.63) is 23.2 Å². The normalized spacial score (nSPS) is 10.7. The highest BCUT2D eigenvalue weighted by molar-refractivity contribution is 8.00. The number of halogens is 1. The van der Waals surface area contributed by atoms with Crippen LogP contribution in [-0.2, 0) is 4.79 Å². The molecule has 0 aliphatic heterocycles. The molecule has 0 saturated heterocycles. The van der Waals surface area contributed by atoms with E-state index in [1.807, 2.05) is 6.07 Å². The molecule has 0 aliphatic rings. The Labute approximate surface area is 117 Å². The van der Waals surface area contributed by atoms with Crippen molar-refractivity contribution in [2.45, 2.75) is 25.2 Å². The summed E-state index contributed by atoms with van der Waals surface area (Å²) in [6.45, 7) is 5.00. The molecule has 0 radical (unpaired) electrons. The van der Waals surface area contributed by atoms with E-state index >= 15 is 0 Å². The molecule has 0 unspecified atom stereocenters. The second kappa shape index (κ2) is 7.54. The van der Waals surface area contributed by atoms with Crippen molar-refractivity contribution in [1.29, 1.82) is 0 Å². The maximum atomic E-state index is 11.6.